The van der Waals surface area contributed by atoms with Crippen LogP contribution in [-0.4, -0.2) is 16.2 Å². The van der Waals surface area contributed by atoms with Crippen LogP contribution in [0, 0.1) is 5.39 Å². The smallest absolute Gasteiger partial charge is 0.426 e. The second-order valence-corrected chi connectivity index (χ2v) is 3.66. The van der Waals surface area contributed by atoms with Gasteiger partial charge in [0.1, 0.15) is 0 Å². The Bertz CT molecular complexity index is 660. The van der Waals surface area contributed by atoms with Crippen LogP contribution in [0.3, 0.4) is 0 Å². The molecule has 0 aliphatic carbocycles. The number of nitrogens with zero attached hydrogens (tertiary/aromatic N) is 2. The summed E-state index contributed by atoms with van der Waals surface area (Å²) < 4.78 is 0. The Labute approximate surface area is 103 Å². The van der Waals surface area contributed by atoms with Gasteiger partial charge in [0.05, 0.1) is 5.56 Å². The van der Waals surface area contributed by atoms with E-state index in [0.29, 0.717) is 11.1 Å². The third kappa shape index (κ3) is 1.99. The number of para-hydroxylation sites is 1. The Hall–Kier alpha value is -2.87. The lowest BCUT2D eigenvalue weighted by molar-refractivity contribution is 0.0697. The number of carboxylic acid groups (broad SMARTS) is 1. The highest BCUT2D eigenvalue weighted by Crippen LogP contribution is 2.37. The van der Waals surface area contributed by atoms with Crippen molar-refractivity contribution in [3.05, 3.63) is 53.0 Å². The average molecular weight is 241 g/mol. The van der Waals surface area contributed by atoms with E-state index in [-0.39, 0.29) is 17.0 Å². The summed E-state index contributed by atoms with van der Waals surface area (Å²) in [6, 6.07) is 10.8. The van der Waals surface area contributed by atoms with E-state index < -0.39 is 5.97 Å². The number of aromatic hydroxyl groups is 1. The van der Waals surface area contributed by atoms with Crippen molar-refractivity contribution in [2.24, 2.45) is 0 Å². The molecule has 0 aliphatic rings. The fourth-order valence-electron chi connectivity index (χ4n) is 1.66. The van der Waals surface area contributed by atoms with Gasteiger partial charge >= 0.3 is 11.7 Å². The predicted octanol–water partition coefficient (Wildman–Crippen LogP) is 3.24. The zero-order valence-corrected chi connectivity index (χ0v) is 9.24. The quantitative estimate of drug-likeness (QED) is 0.790. The highest BCUT2D eigenvalue weighted by Gasteiger charge is 2.18. The molecule has 0 spiro atoms. The van der Waals surface area contributed by atoms with Crippen LogP contribution >= 0.6 is 0 Å². The molecule has 0 aromatic heterocycles. The fraction of sp³-hybridized carbons (Fsp3) is 0. The van der Waals surface area contributed by atoms with Crippen LogP contribution in [0.5, 0.6) is 5.75 Å². The number of hydrogen-bond acceptors (Lipinski definition) is 3. The molecule has 2 rings (SSSR count). The molecule has 5 heteroatoms. The maximum absolute atomic E-state index is 10.9. The van der Waals surface area contributed by atoms with Crippen molar-refractivity contribution in [1.82, 2.24) is 0 Å². The van der Waals surface area contributed by atoms with Gasteiger partial charge in [0.25, 0.3) is 0 Å². The first-order valence-corrected chi connectivity index (χ1v) is 5.14. The lowest BCUT2D eigenvalue weighted by atomic mass is 10.0. The molecule has 0 amide bonds. The van der Waals surface area contributed by atoms with Crippen molar-refractivity contribution >= 4 is 11.7 Å². The van der Waals surface area contributed by atoms with Crippen LogP contribution in [0.1, 0.15) is 10.4 Å². The van der Waals surface area contributed by atoms with E-state index in [0.717, 1.165) is 0 Å². The van der Waals surface area contributed by atoms with Gasteiger partial charge in [0.15, 0.2) is 4.98 Å². The average Bonchev–Trinajstić information content (AvgIpc) is 2.39. The van der Waals surface area contributed by atoms with Gasteiger partial charge in [-0.3, -0.25) is 0 Å². The largest absolute Gasteiger partial charge is 0.501 e. The summed E-state index contributed by atoms with van der Waals surface area (Å²) in [7, 11) is 0. The molecule has 2 aromatic rings. The van der Waals surface area contributed by atoms with Crippen molar-refractivity contribution in [3.8, 4) is 16.9 Å². The van der Waals surface area contributed by atoms with Crippen molar-refractivity contribution in [1.29, 1.82) is 5.39 Å². The van der Waals surface area contributed by atoms with Gasteiger partial charge in [-0.05, 0) is 17.7 Å². The zero-order valence-electron chi connectivity index (χ0n) is 9.24. The van der Waals surface area contributed by atoms with E-state index in [2.05, 4.69) is 4.98 Å². The number of carbonyl (C=O) groups is 1. The summed E-state index contributed by atoms with van der Waals surface area (Å²) in [5, 5.41) is 27.5. The Morgan fingerprint density at radius 3 is 2.56 bits per heavy atom. The number of benzene rings is 2. The van der Waals surface area contributed by atoms with Crippen LogP contribution in [0.2, 0.25) is 0 Å². The maximum atomic E-state index is 10.9. The van der Waals surface area contributed by atoms with Gasteiger partial charge < -0.3 is 10.2 Å². The third-order valence-corrected chi connectivity index (χ3v) is 2.54. The highest BCUT2D eigenvalue weighted by atomic mass is 16.4. The zero-order chi connectivity index (χ0) is 13.1. The molecule has 88 valence electrons. The van der Waals surface area contributed by atoms with E-state index in [1.807, 2.05) is 0 Å². The molecular weight excluding hydrogens is 232 g/mol. The molecule has 18 heavy (non-hydrogen) atoms. The number of phenolic OH excluding ortho intramolecular Hbond substituents is 1. The molecular formula is C13H9N2O3+. The summed E-state index contributed by atoms with van der Waals surface area (Å²) in [6.45, 7) is 0. The molecule has 2 N–H and O–H groups in total. The second-order valence-electron chi connectivity index (χ2n) is 3.66. The topological polar surface area (TPSA) is 85.7 Å². The fourth-order valence-corrected chi connectivity index (χ4v) is 1.66. The molecule has 0 saturated carbocycles. The Morgan fingerprint density at radius 1 is 1.17 bits per heavy atom. The molecule has 0 saturated heterocycles. The first-order chi connectivity index (χ1) is 8.63. The monoisotopic (exact) mass is 241 g/mol. The van der Waals surface area contributed by atoms with Gasteiger partial charge in [-0.2, -0.15) is 0 Å². The Kier molecular flexibility index (Phi) is 2.94. The number of phenols is 1. The molecule has 5 nitrogen and oxygen atoms in total. The number of diazo groups is 1. The Balaban J connectivity index is 2.59. The molecule has 0 aliphatic heterocycles. The first-order valence-electron chi connectivity index (χ1n) is 5.14. The summed E-state index contributed by atoms with van der Waals surface area (Å²) >= 11 is 0. The normalized spacial score (nSPS) is 9.72. The first kappa shape index (κ1) is 11.6. The summed E-state index contributed by atoms with van der Waals surface area (Å²) in [5.41, 5.74) is 1.11. The van der Waals surface area contributed by atoms with E-state index >= 15 is 0 Å². The second kappa shape index (κ2) is 4.55. The minimum atomic E-state index is -1.04. The van der Waals surface area contributed by atoms with E-state index in [9.17, 15) is 9.90 Å². The molecule has 0 fully saturated rings. The molecule has 0 radical (unpaired) electrons. The molecule has 0 heterocycles. The van der Waals surface area contributed by atoms with Crippen molar-refractivity contribution < 1.29 is 15.0 Å². The number of rotatable bonds is 2. The van der Waals surface area contributed by atoms with Gasteiger partial charge in [-0.15, -0.1) is 0 Å². The molecule has 0 atom stereocenters. The van der Waals surface area contributed by atoms with Crippen LogP contribution < -0.4 is 0 Å². The summed E-state index contributed by atoms with van der Waals surface area (Å²) in [6.07, 6.45) is 0. The summed E-state index contributed by atoms with van der Waals surface area (Å²) in [5.74, 6) is -1.23. The number of hydrogen-bond donors (Lipinski definition) is 2. The maximum Gasteiger partial charge on any atom is 0.426 e. The van der Waals surface area contributed by atoms with Gasteiger partial charge in [-0.25, -0.2) is 4.79 Å². The third-order valence-electron chi connectivity index (χ3n) is 2.54. The van der Waals surface area contributed by atoms with Crippen LogP contribution in [0.25, 0.3) is 16.1 Å². The predicted molar refractivity (Wildman–Crippen MR) is 65.2 cm³/mol. The van der Waals surface area contributed by atoms with E-state index in [4.69, 9.17) is 10.5 Å². The van der Waals surface area contributed by atoms with Crippen molar-refractivity contribution in [2.75, 3.05) is 0 Å². The van der Waals surface area contributed by atoms with Crippen molar-refractivity contribution in [2.45, 2.75) is 0 Å². The molecule has 0 bridgehead atoms. The highest BCUT2D eigenvalue weighted by molar-refractivity contribution is 5.90. The molecule has 0 unspecified atom stereocenters. The van der Waals surface area contributed by atoms with E-state index in [1.54, 1.807) is 24.3 Å². The van der Waals surface area contributed by atoms with Crippen LogP contribution in [0.15, 0.2) is 42.5 Å². The number of aromatic carboxylic acids is 1. The van der Waals surface area contributed by atoms with Crippen LogP contribution in [0.4, 0.5) is 5.69 Å². The SMILES string of the molecule is N#[N+]c1cccc(-c2cccc(C(=O)O)c2)c1O. The summed E-state index contributed by atoms with van der Waals surface area (Å²) in [4.78, 5) is 13.8. The van der Waals surface area contributed by atoms with Gasteiger partial charge in [0.2, 0.25) is 11.1 Å². The van der Waals surface area contributed by atoms with Crippen LogP contribution in [-0.2, 0) is 0 Å². The molecule has 2 aromatic carbocycles. The Morgan fingerprint density at radius 2 is 1.89 bits per heavy atom. The minimum absolute atomic E-state index is 0.0354. The van der Waals surface area contributed by atoms with Gasteiger partial charge in [0, 0.05) is 11.6 Å². The standard InChI is InChI=1S/C13H8N2O3/c14-15-11-6-2-5-10(12(11)16)8-3-1-4-9(7-8)13(17)18/h1-7H,(H-,16,17,18)/p+1. The lowest BCUT2D eigenvalue weighted by Crippen LogP contribution is -1.95. The number of carboxylic acids is 1. The van der Waals surface area contributed by atoms with Gasteiger partial charge in [-0.1, -0.05) is 24.3 Å². The minimum Gasteiger partial charge on any atom is -0.501 e. The van der Waals surface area contributed by atoms with E-state index in [1.165, 1.54) is 18.2 Å². The van der Waals surface area contributed by atoms with Crippen molar-refractivity contribution in [3.63, 3.8) is 0 Å². The lowest BCUT2D eigenvalue weighted by Gasteiger charge is -2.03.